The van der Waals surface area contributed by atoms with Gasteiger partial charge in [0.25, 0.3) is 5.69 Å². The highest BCUT2D eigenvalue weighted by atomic mass is 16.6. The summed E-state index contributed by atoms with van der Waals surface area (Å²) in [5.41, 5.74) is 1.90. The third kappa shape index (κ3) is 2.97. The van der Waals surface area contributed by atoms with Crippen LogP contribution in [0, 0.1) is 10.1 Å². The number of rotatable bonds is 6. The van der Waals surface area contributed by atoms with E-state index in [0.717, 1.165) is 37.2 Å². The van der Waals surface area contributed by atoms with Crippen molar-refractivity contribution in [3.8, 4) is 0 Å². The van der Waals surface area contributed by atoms with Crippen LogP contribution in [0.3, 0.4) is 0 Å². The van der Waals surface area contributed by atoms with E-state index in [1.165, 1.54) is 6.42 Å². The molecule has 0 atom stereocenters. The highest BCUT2D eigenvalue weighted by molar-refractivity contribution is 5.64. The average Bonchev–Trinajstić information content (AvgIpc) is 2.34. The van der Waals surface area contributed by atoms with Gasteiger partial charge in [-0.15, -0.1) is 0 Å². The van der Waals surface area contributed by atoms with Crippen LogP contribution >= 0.6 is 0 Å². The molecule has 1 aromatic rings. The molecule has 5 heteroatoms. The van der Waals surface area contributed by atoms with Crippen molar-refractivity contribution in [1.82, 2.24) is 0 Å². The van der Waals surface area contributed by atoms with Gasteiger partial charge in [-0.3, -0.25) is 10.1 Å². The lowest BCUT2D eigenvalue weighted by molar-refractivity contribution is -0.384. The van der Waals surface area contributed by atoms with Gasteiger partial charge in [-0.1, -0.05) is 6.92 Å². The number of benzene rings is 1. The van der Waals surface area contributed by atoms with Crippen LogP contribution in [0.1, 0.15) is 39.5 Å². The Morgan fingerprint density at radius 2 is 1.95 bits per heavy atom. The lowest BCUT2D eigenvalue weighted by Crippen LogP contribution is -2.44. The van der Waals surface area contributed by atoms with E-state index in [1.807, 2.05) is 13.0 Å². The summed E-state index contributed by atoms with van der Waals surface area (Å²) in [5, 5.41) is 17.6. The van der Waals surface area contributed by atoms with Gasteiger partial charge < -0.3 is 10.6 Å². The van der Waals surface area contributed by atoms with Crippen molar-refractivity contribution in [3.63, 3.8) is 0 Å². The molecule has 0 spiro atoms. The summed E-state index contributed by atoms with van der Waals surface area (Å²) in [7, 11) is 0. The number of hydrogen-bond acceptors (Lipinski definition) is 4. The zero-order chi connectivity index (χ0) is 13.9. The van der Waals surface area contributed by atoms with Crippen LogP contribution in [-0.4, -0.2) is 17.0 Å². The summed E-state index contributed by atoms with van der Waals surface area (Å²) in [6.07, 6.45) is 4.56. The Morgan fingerprint density at radius 1 is 1.26 bits per heavy atom. The third-order valence-corrected chi connectivity index (χ3v) is 3.91. The van der Waals surface area contributed by atoms with E-state index >= 15 is 0 Å². The number of hydrogen-bond donors (Lipinski definition) is 2. The van der Waals surface area contributed by atoms with Gasteiger partial charge in [0.1, 0.15) is 0 Å². The maximum absolute atomic E-state index is 11.0. The van der Waals surface area contributed by atoms with E-state index in [1.54, 1.807) is 12.1 Å². The van der Waals surface area contributed by atoms with Crippen LogP contribution < -0.4 is 10.6 Å². The molecule has 19 heavy (non-hydrogen) atoms. The predicted octanol–water partition coefficient (Wildman–Crippen LogP) is 3.77. The fourth-order valence-corrected chi connectivity index (χ4v) is 2.57. The fraction of sp³-hybridized carbons (Fsp3) is 0.571. The molecule has 0 unspecified atom stereocenters. The quantitative estimate of drug-likeness (QED) is 0.605. The van der Waals surface area contributed by atoms with Crippen molar-refractivity contribution >= 4 is 17.1 Å². The van der Waals surface area contributed by atoms with Crippen molar-refractivity contribution in [3.05, 3.63) is 28.3 Å². The maximum Gasteiger partial charge on any atom is 0.273 e. The molecule has 1 fully saturated rings. The Kier molecular flexibility index (Phi) is 3.93. The van der Waals surface area contributed by atoms with Crippen molar-refractivity contribution in [2.45, 2.75) is 45.1 Å². The Hall–Kier alpha value is -1.78. The van der Waals surface area contributed by atoms with Crippen LogP contribution in [0.4, 0.5) is 17.1 Å². The van der Waals surface area contributed by atoms with Crippen LogP contribution in [0.2, 0.25) is 0 Å². The Labute approximate surface area is 113 Å². The Balaban J connectivity index is 2.25. The molecule has 1 aromatic carbocycles. The second kappa shape index (κ2) is 5.47. The summed E-state index contributed by atoms with van der Waals surface area (Å²) >= 11 is 0. The van der Waals surface area contributed by atoms with Crippen LogP contribution in [0.5, 0.6) is 0 Å². The largest absolute Gasteiger partial charge is 0.385 e. The molecular formula is C14H21N3O2. The molecule has 0 aliphatic heterocycles. The van der Waals surface area contributed by atoms with E-state index in [2.05, 4.69) is 17.6 Å². The summed E-state index contributed by atoms with van der Waals surface area (Å²) in [4.78, 5) is 10.6. The molecule has 2 rings (SSSR count). The van der Waals surface area contributed by atoms with E-state index in [4.69, 9.17) is 0 Å². The zero-order valence-electron chi connectivity index (χ0n) is 11.5. The molecule has 2 N–H and O–H groups in total. The molecule has 1 saturated carbocycles. The monoisotopic (exact) mass is 263 g/mol. The van der Waals surface area contributed by atoms with Gasteiger partial charge in [-0.05, 0) is 38.7 Å². The second-order valence-corrected chi connectivity index (χ2v) is 5.17. The topological polar surface area (TPSA) is 67.2 Å². The first kappa shape index (κ1) is 13.6. The van der Waals surface area contributed by atoms with Gasteiger partial charge in [-0.2, -0.15) is 0 Å². The summed E-state index contributed by atoms with van der Waals surface area (Å²) in [6.45, 7) is 4.89. The molecule has 1 aliphatic rings. The normalized spacial score (nSPS) is 16.5. The molecule has 5 nitrogen and oxygen atoms in total. The Bertz CT molecular complexity index is 464. The number of nitro groups is 1. The summed E-state index contributed by atoms with van der Waals surface area (Å²) in [6, 6.07) is 5.15. The van der Waals surface area contributed by atoms with Gasteiger partial charge in [0.2, 0.25) is 0 Å². The highest BCUT2D eigenvalue weighted by Crippen LogP contribution is 2.39. The summed E-state index contributed by atoms with van der Waals surface area (Å²) in [5.74, 6) is 0. The minimum absolute atomic E-state index is 0.131. The van der Waals surface area contributed by atoms with Crippen LogP contribution in [-0.2, 0) is 0 Å². The lowest BCUT2D eigenvalue weighted by atomic mass is 9.74. The van der Waals surface area contributed by atoms with E-state index in [0.29, 0.717) is 0 Å². The molecule has 1 aliphatic carbocycles. The first-order chi connectivity index (χ1) is 9.08. The third-order valence-electron chi connectivity index (χ3n) is 3.91. The second-order valence-electron chi connectivity index (χ2n) is 5.17. The summed E-state index contributed by atoms with van der Waals surface area (Å²) < 4.78 is 0. The number of nitro benzene ring substituents is 1. The first-order valence-electron chi connectivity index (χ1n) is 6.90. The maximum atomic E-state index is 11.0. The van der Waals surface area contributed by atoms with E-state index in [-0.39, 0.29) is 16.1 Å². The standard InChI is InChI=1S/C14H21N3O2/c1-3-14(6-5-7-14)16-12-8-11(15-4-2)9-13(10-12)17(18)19/h8-10,15-16H,3-7H2,1-2H3. The van der Waals surface area contributed by atoms with Crippen LogP contribution in [0.25, 0.3) is 0 Å². The minimum Gasteiger partial charge on any atom is -0.385 e. The minimum atomic E-state index is -0.342. The zero-order valence-corrected chi connectivity index (χ0v) is 11.5. The molecule has 0 radical (unpaired) electrons. The van der Waals surface area contributed by atoms with Gasteiger partial charge in [-0.25, -0.2) is 0 Å². The fourth-order valence-electron chi connectivity index (χ4n) is 2.57. The number of anilines is 2. The molecule has 104 valence electrons. The lowest BCUT2D eigenvalue weighted by Gasteiger charge is -2.43. The van der Waals surface area contributed by atoms with Crippen LogP contribution in [0.15, 0.2) is 18.2 Å². The average molecular weight is 263 g/mol. The van der Waals surface area contributed by atoms with Crippen molar-refractivity contribution < 1.29 is 4.92 Å². The van der Waals surface area contributed by atoms with E-state index < -0.39 is 0 Å². The molecule has 0 amide bonds. The molecule has 0 saturated heterocycles. The number of nitrogens with zero attached hydrogens (tertiary/aromatic N) is 1. The van der Waals surface area contributed by atoms with Crippen molar-refractivity contribution in [1.29, 1.82) is 0 Å². The number of nitrogens with one attached hydrogen (secondary N) is 2. The van der Waals surface area contributed by atoms with Crippen molar-refractivity contribution in [2.75, 3.05) is 17.2 Å². The SMILES string of the molecule is CCNc1cc(NC2(CC)CCC2)cc([N+](=O)[O-])c1. The van der Waals surface area contributed by atoms with E-state index in [9.17, 15) is 10.1 Å². The first-order valence-corrected chi connectivity index (χ1v) is 6.90. The highest BCUT2D eigenvalue weighted by Gasteiger charge is 2.35. The molecular weight excluding hydrogens is 242 g/mol. The molecule has 0 heterocycles. The van der Waals surface area contributed by atoms with Gasteiger partial charge in [0.05, 0.1) is 4.92 Å². The Morgan fingerprint density at radius 3 is 2.42 bits per heavy atom. The molecule has 0 bridgehead atoms. The van der Waals surface area contributed by atoms with Crippen molar-refractivity contribution in [2.24, 2.45) is 0 Å². The predicted molar refractivity (Wildman–Crippen MR) is 77.8 cm³/mol. The van der Waals surface area contributed by atoms with Gasteiger partial charge in [0.15, 0.2) is 0 Å². The molecule has 0 aromatic heterocycles. The van der Waals surface area contributed by atoms with Gasteiger partial charge in [0, 0.05) is 35.6 Å². The smallest absolute Gasteiger partial charge is 0.273 e. The number of non-ortho nitro benzene ring substituents is 1. The van der Waals surface area contributed by atoms with Gasteiger partial charge >= 0.3 is 0 Å².